The second-order valence-corrected chi connectivity index (χ2v) is 9.55. The summed E-state index contributed by atoms with van der Waals surface area (Å²) in [6.45, 7) is 4.73. The molecular weight excluding hydrogens is 434 g/mol. The molecule has 1 saturated heterocycles. The van der Waals surface area contributed by atoms with Crippen molar-refractivity contribution in [3.63, 3.8) is 0 Å². The van der Waals surface area contributed by atoms with Crippen molar-refractivity contribution in [3.05, 3.63) is 59.0 Å². The van der Waals surface area contributed by atoms with E-state index < -0.39 is 0 Å². The van der Waals surface area contributed by atoms with Crippen LogP contribution in [0.15, 0.2) is 36.5 Å². The number of phenolic OH excluding ortho intramolecular Hbond substituents is 1. The van der Waals surface area contributed by atoms with Crippen LogP contribution in [0, 0.1) is 0 Å². The van der Waals surface area contributed by atoms with Crippen LogP contribution in [0.2, 0.25) is 0 Å². The molecule has 1 unspecified atom stereocenters. The maximum atomic E-state index is 13.4. The third-order valence-corrected chi connectivity index (χ3v) is 7.25. The number of carbonyl (C=O) groups is 1. The summed E-state index contributed by atoms with van der Waals surface area (Å²) in [4.78, 5) is 20.3. The van der Waals surface area contributed by atoms with Gasteiger partial charge in [-0.25, -0.2) is 4.79 Å². The summed E-state index contributed by atoms with van der Waals surface area (Å²) in [7, 11) is 0. The summed E-state index contributed by atoms with van der Waals surface area (Å²) in [5.74, 6) is -0.135. The Kier molecular flexibility index (Phi) is 6.34. The molecule has 33 heavy (non-hydrogen) atoms. The average molecular weight is 466 g/mol. The molecule has 3 heterocycles. The Labute approximate surface area is 200 Å². The molecule has 1 aromatic carbocycles. The van der Waals surface area contributed by atoms with Gasteiger partial charge in [-0.15, -0.1) is 0 Å². The fraction of sp³-hybridized carbons (Fsp3) is 0.462. The molecule has 7 heteroatoms. The normalized spacial score (nSPS) is 17.9. The summed E-state index contributed by atoms with van der Waals surface area (Å²) in [5.41, 5.74) is 3.90. The van der Waals surface area contributed by atoms with E-state index in [4.69, 9.17) is 17.4 Å². The van der Waals surface area contributed by atoms with Crippen molar-refractivity contribution in [1.29, 1.82) is 0 Å². The Morgan fingerprint density at radius 3 is 2.67 bits per heavy atom. The minimum Gasteiger partial charge on any atom is -0.508 e. The molecule has 0 radical (unpaired) electrons. The molecule has 1 N–H and O–H groups in total. The number of likely N-dealkylation sites (tertiary alicyclic amines) is 1. The second-order valence-electron chi connectivity index (χ2n) is 9.03. The van der Waals surface area contributed by atoms with Gasteiger partial charge in [-0.3, -0.25) is 9.88 Å². The SMILES string of the molecule is CCOC(=O)c1c(C(S)c2ccccn2)n(C2CC2)c2ccc(O)c(CN3CCCCC3)c12. The third kappa shape index (κ3) is 4.24. The highest BCUT2D eigenvalue weighted by Gasteiger charge is 2.37. The molecule has 0 amide bonds. The number of nitrogens with zero attached hydrogens (tertiary/aromatic N) is 3. The molecule has 174 valence electrons. The van der Waals surface area contributed by atoms with E-state index >= 15 is 0 Å². The third-order valence-electron chi connectivity index (χ3n) is 6.74. The van der Waals surface area contributed by atoms with Crippen molar-refractivity contribution in [1.82, 2.24) is 14.5 Å². The molecule has 2 aromatic heterocycles. The molecule has 1 atom stereocenters. The largest absolute Gasteiger partial charge is 0.508 e. The number of phenols is 1. The monoisotopic (exact) mass is 465 g/mol. The lowest BCUT2D eigenvalue weighted by Crippen LogP contribution is -2.29. The van der Waals surface area contributed by atoms with Crippen LogP contribution in [-0.2, 0) is 11.3 Å². The molecule has 2 aliphatic rings. The number of benzene rings is 1. The zero-order valence-electron chi connectivity index (χ0n) is 19.0. The topological polar surface area (TPSA) is 67.6 Å². The predicted octanol–water partition coefficient (Wildman–Crippen LogP) is 5.26. The number of pyridine rings is 1. The molecule has 6 nitrogen and oxygen atoms in total. The minimum absolute atomic E-state index is 0.228. The molecule has 2 fully saturated rings. The van der Waals surface area contributed by atoms with E-state index in [0.29, 0.717) is 18.2 Å². The van der Waals surface area contributed by atoms with Crippen molar-refractivity contribution < 1.29 is 14.6 Å². The summed E-state index contributed by atoms with van der Waals surface area (Å²) in [6, 6.07) is 9.78. The van der Waals surface area contributed by atoms with Crippen LogP contribution in [0.1, 0.15) is 77.6 Å². The summed E-state index contributed by atoms with van der Waals surface area (Å²) in [5, 5.41) is 11.4. The number of aromatic nitrogens is 2. The first-order valence-electron chi connectivity index (χ1n) is 12.0. The highest BCUT2D eigenvalue weighted by molar-refractivity contribution is 7.80. The Balaban J connectivity index is 1.75. The predicted molar refractivity (Wildman–Crippen MR) is 132 cm³/mol. The van der Waals surface area contributed by atoms with E-state index in [1.165, 1.54) is 6.42 Å². The average Bonchev–Trinajstić information content (AvgIpc) is 3.62. The number of ether oxygens (including phenoxy) is 1. The lowest BCUT2D eigenvalue weighted by Gasteiger charge is -2.27. The maximum Gasteiger partial charge on any atom is 0.340 e. The highest BCUT2D eigenvalue weighted by Crippen LogP contribution is 2.47. The van der Waals surface area contributed by atoms with Crippen LogP contribution >= 0.6 is 12.6 Å². The van der Waals surface area contributed by atoms with Gasteiger partial charge in [0, 0.05) is 29.7 Å². The number of aromatic hydroxyl groups is 1. The molecule has 0 spiro atoms. The quantitative estimate of drug-likeness (QED) is 0.368. The van der Waals surface area contributed by atoms with E-state index in [1.807, 2.05) is 31.2 Å². The van der Waals surface area contributed by atoms with Gasteiger partial charge in [0.1, 0.15) is 5.75 Å². The van der Waals surface area contributed by atoms with Crippen LogP contribution < -0.4 is 0 Å². The van der Waals surface area contributed by atoms with E-state index in [0.717, 1.165) is 66.6 Å². The lowest BCUT2D eigenvalue weighted by molar-refractivity contribution is 0.0527. The summed E-state index contributed by atoms with van der Waals surface area (Å²) >= 11 is 4.97. The van der Waals surface area contributed by atoms with Gasteiger partial charge >= 0.3 is 5.97 Å². The molecule has 1 aliphatic carbocycles. The molecule has 1 saturated carbocycles. The zero-order chi connectivity index (χ0) is 22.9. The smallest absolute Gasteiger partial charge is 0.340 e. The van der Waals surface area contributed by atoms with Gasteiger partial charge < -0.3 is 14.4 Å². The Bertz CT molecular complexity index is 1150. The van der Waals surface area contributed by atoms with E-state index in [2.05, 4.69) is 14.5 Å². The molecular formula is C26H31N3O3S. The first kappa shape index (κ1) is 22.3. The van der Waals surface area contributed by atoms with E-state index in [-0.39, 0.29) is 23.6 Å². The molecule has 1 aliphatic heterocycles. The number of hydrogen-bond donors (Lipinski definition) is 2. The van der Waals surface area contributed by atoms with Crippen molar-refractivity contribution >= 4 is 29.5 Å². The van der Waals surface area contributed by atoms with Crippen molar-refractivity contribution in [3.8, 4) is 5.75 Å². The fourth-order valence-electron chi connectivity index (χ4n) is 5.07. The first-order chi connectivity index (χ1) is 16.1. The second kappa shape index (κ2) is 9.39. The molecule has 5 rings (SSSR count). The van der Waals surface area contributed by atoms with Crippen molar-refractivity contribution in [2.24, 2.45) is 0 Å². The van der Waals surface area contributed by atoms with E-state index in [1.54, 1.807) is 12.3 Å². The minimum atomic E-state index is -0.386. The molecule has 0 bridgehead atoms. The Hall–Kier alpha value is -2.51. The fourth-order valence-corrected chi connectivity index (χ4v) is 5.47. The number of thiol groups is 1. The van der Waals surface area contributed by atoms with Crippen LogP contribution in [0.5, 0.6) is 5.75 Å². The standard InChI is InChI=1S/C26H31N3O3S/c1-2-32-26(31)23-22-18(16-28-14-6-3-7-15-28)21(30)12-11-20(22)29(17-9-10-17)24(23)25(33)19-8-4-5-13-27-19/h4-5,8,11-13,17,25,30,33H,2-3,6-7,9-10,14-16H2,1H3. The highest BCUT2D eigenvalue weighted by atomic mass is 32.1. The maximum absolute atomic E-state index is 13.4. The number of carbonyl (C=O) groups excluding carboxylic acids is 1. The van der Waals surface area contributed by atoms with Crippen LogP contribution in [0.4, 0.5) is 0 Å². The Morgan fingerprint density at radius 1 is 1.21 bits per heavy atom. The summed E-state index contributed by atoms with van der Waals surface area (Å²) < 4.78 is 7.82. The van der Waals surface area contributed by atoms with Gasteiger partial charge in [0.05, 0.1) is 34.3 Å². The van der Waals surface area contributed by atoms with Gasteiger partial charge in [-0.2, -0.15) is 12.6 Å². The number of rotatable bonds is 7. The van der Waals surface area contributed by atoms with Crippen LogP contribution in [0.3, 0.4) is 0 Å². The van der Waals surface area contributed by atoms with Crippen LogP contribution in [-0.4, -0.2) is 45.2 Å². The van der Waals surface area contributed by atoms with Crippen molar-refractivity contribution in [2.75, 3.05) is 19.7 Å². The van der Waals surface area contributed by atoms with Gasteiger partial charge in [-0.05, 0) is 70.0 Å². The van der Waals surface area contributed by atoms with Crippen molar-refractivity contribution in [2.45, 2.75) is 56.9 Å². The van der Waals surface area contributed by atoms with Gasteiger partial charge in [0.25, 0.3) is 0 Å². The van der Waals surface area contributed by atoms with Gasteiger partial charge in [0.15, 0.2) is 0 Å². The number of piperidine rings is 1. The number of fused-ring (bicyclic) bond motifs is 1. The Morgan fingerprint density at radius 2 is 2.00 bits per heavy atom. The summed E-state index contributed by atoms with van der Waals surface area (Å²) in [6.07, 6.45) is 7.44. The lowest BCUT2D eigenvalue weighted by atomic mass is 10.0. The van der Waals surface area contributed by atoms with E-state index in [9.17, 15) is 9.90 Å². The first-order valence-corrected chi connectivity index (χ1v) is 12.5. The van der Waals surface area contributed by atoms with Crippen LogP contribution in [0.25, 0.3) is 10.9 Å². The van der Waals surface area contributed by atoms with Gasteiger partial charge in [-0.1, -0.05) is 12.5 Å². The van der Waals surface area contributed by atoms with Gasteiger partial charge in [0.2, 0.25) is 0 Å². The number of esters is 1. The zero-order valence-corrected chi connectivity index (χ0v) is 19.9. The number of hydrogen-bond acceptors (Lipinski definition) is 6. The molecule has 3 aromatic rings.